The van der Waals surface area contributed by atoms with Gasteiger partial charge in [0.1, 0.15) is 0 Å². The predicted molar refractivity (Wildman–Crippen MR) is 106 cm³/mol. The first kappa shape index (κ1) is 18.7. The molecule has 0 aliphatic rings. The van der Waals surface area contributed by atoms with Crippen LogP contribution in [0.15, 0.2) is 72.4 Å². The number of hydrogen-bond acceptors (Lipinski definition) is 2. The molecule has 2 atom stereocenters. The van der Waals surface area contributed by atoms with Gasteiger partial charge >= 0.3 is 0 Å². The minimum Gasteiger partial charge on any atom is -0.394 e. The SMILES string of the molecule is C[Si](C)(C)/C=C/C[C@H](N[C@H](CO)c1ccccc1)c1ccccc1. The maximum Gasteiger partial charge on any atom is 0.0682 e. The summed E-state index contributed by atoms with van der Waals surface area (Å²) in [6, 6.07) is 20.8. The molecular weight excluding hydrogens is 310 g/mol. The average molecular weight is 340 g/mol. The van der Waals surface area contributed by atoms with Crippen molar-refractivity contribution < 1.29 is 5.11 Å². The van der Waals surface area contributed by atoms with E-state index in [0.717, 1.165) is 12.0 Å². The standard InChI is InChI=1S/C21H29NOSi/c1-24(2,3)16-10-15-20(18-11-6-4-7-12-18)22-21(17-23)19-13-8-5-9-14-19/h4-14,16,20-23H,15,17H2,1-3H3/b16-10+/t20-,21+/m0/s1. The van der Waals surface area contributed by atoms with Gasteiger partial charge in [-0.2, -0.15) is 0 Å². The Labute approximate surface area is 147 Å². The number of aliphatic hydroxyl groups excluding tert-OH is 1. The van der Waals surface area contributed by atoms with Crippen LogP contribution in [0.4, 0.5) is 0 Å². The van der Waals surface area contributed by atoms with Gasteiger partial charge in [0.05, 0.1) is 20.7 Å². The monoisotopic (exact) mass is 339 g/mol. The number of aliphatic hydroxyl groups is 1. The molecular formula is C21H29NOSi. The Bertz CT molecular complexity index is 619. The zero-order valence-corrected chi connectivity index (χ0v) is 15.9. The van der Waals surface area contributed by atoms with Crippen molar-refractivity contribution in [3.63, 3.8) is 0 Å². The number of benzene rings is 2. The fraction of sp³-hybridized carbons (Fsp3) is 0.333. The Kier molecular flexibility index (Phi) is 6.97. The molecule has 0 radical (unpaired) electrons. The summed E-state index contributed by atoms with van der Waals surface area (Å²) in [6.07, 6.45) is 3.23. The summed E-state index contributed by atoms with van der Waals surface area (Å²) in [7, 11) is -1.19. The molecule has 0 fully saturated rings. The van der Waals surface area contributed by atoms with Gasteiger partial charge in [-0.25, -0.2) is 0 Å². The Balaban J connectivity index is 2.17. The van der Waals surface area contributed by atoms with Gasteiger partial charge in [-0.15, -0.1) is 0 Å². The van der Waals surface area contributed by atoms with Crippen LogP contribution in [-0.4, -0.2) is 19.8 Å². The lowest BCUT2D eigenvalue weighted by molar-refractivity contribution is 0.233. The van der Waals surface area contributed by atoms with E-state index < -0.39 is 8.07 Å². The van der Waals surface area contributed by atoms with Crippen molar-refractivity contribution >= 4 is 8.07 Å². The summed E-state index contributed by atoms with van der Waals surface area (Å²) in [5, 5.41) is 13.5. The highest BCUT2D eigenvalue weighted by Crippen LogP contribution is 2.23. The van der Waals surface area contributed by atoms with Crippen molar-refractivity contribution in [3.05, 3.63) is 83.6 Å². The van der Waals surface area contributed by atoms with Crippen molar-refractivity contribution in [1.82, 2.24) is 5.32 Å². The first-order chi connectivity index (χ1) is 11.5. The predicted octanol–water partition coefficient (Wildman–Crippen LogP) is 4.87. The maximum atomic E-state index is 9.86. The normalized spacial score (nSPS) is 14.7. The fourth-order valence-electron chi connectivity index (χ4n) is 2.73. The van der Waals surface area contributed by atoms with E-state index in [9.17, 15) is 5.11 Å². The third-order valence-electron chi connectivity index (χ3n) is 3.98. The molecule has 2 rings (SSSR count). The van der Waals surface area contributed by atoms with Crippen LogP contribution >= 0.6 is 0 Å². The molecule has 0 unspecified atom stereocenters. The molecule has 2 N–H and O–H groups in total. The van der Waals surface area contributed by atoms with Crippen molar-refractivity contribution in [3.8, 4) is 0 Å². The van der Waals surface area contributed by atoms with Crippen LogP contribution < -0.4 is 5.32 Å². The molecule has 0 saturated carbocycles. The maximum absolute atomic E-state index is 9.86. The van der Waals surface area contributed by atoms with Gasteiger partial charge in [0, 0.05) is 6.04 Å². The smallest absolute Gasteiger partial charge is 0.0682 e. The summed E-state index contributed by atoms with van der Waals surface area (Å²) >= 11 is 0. The number of rotatable bonds is 8. The second-order valence-electron chi connectivity index (χ2n) is 7.28. The molecule has 24 heavy (non-hydrogen) atoms. The molecule has 2 aromatic rings. The molecule has 0 bridgehead atoms. The lowest BCUT2D eigenvalue weighted by Crippen LogP contribution is -2.29. The number of nitrogens with one attached hydrogen (secondary N) is 1. The van der Waals surface area contributed by atoms with Gasteiger partial charge in [-0.05, 0) is 17.5 Å². The minimum atomic E-state index is -1.19. The van der Waals surface area contributed by atoms with Crippen molar-refractivity contribution in [2.24, 2.45) is 0 Å². The second-order valence-corrected chi connectivity index (χ2v) is 12.3. The highest BCUT2D eigenvalue weighted by molar-refractivity contribution is 6.80. The third kappa shape index (κ3) is 6.08. The molecule has 0 aliphatic heterocycles. The summed E-state index contributed by atoms with van der Waals surface area (Å²) in [6.45, 7) is 7.12. The molecule has 0 saturated heterocycles. The Morgan fingerprint density at radius 3 is 1.83 bits per heavy atom. The molecule has 2 nitrogen and oxygen atoms in total. The van der Waals surface area contributed by atoms with Crippen molar-refractivity contribution in [2.45, 2.75) is 38.1 Å². The van der Waals surface area contributed by atoms with Crippen LogP contribution in [0.25, 0.3) is 0 Å². The molecule has 0 heterocycles. The van der Waals surface area contributed by atoms with E-state index in [4.69, 9.17) is 0 Å². The Morgan fingerprint density at radius 2 is 1.38 bits per heavy atom. The van der Waals surface area contributed by atoms with Gasteiger partial charge in [-0.1, -0.05) is 92.1 Å². The van der Waals surface area contributed by atoms with E-state index in [-0.39, 0.29) is 18.7 Å². The quantitative estimate of drug-likeness (QED) is 0.672. The van der Waals surface area contributed by atoms with Gasteiger partial charge in [0.25, 0.3) is 0 Å². The van der Waals surface area contributed by atoms with Crippen LogP contribution in [0.5, 0.6) is 0 Å². The average Bonchev–Trinajstić information content (AvgIpc) is 2.58. The van der Waals surface area contributed by atoms with Crippen molar-refractivity contribution in [1.29, 1.82) is 0 Å². The summed E-state index contributed by atoms with van der Waals surface area (Å²) in [4.78, 5) is 0. The lowest BCUT2D eigenvalue weighted by Gasteiger charge is -2.25. The van der Waals surface area contributed by atoms with Crippen LogP contribution in [-0.2, 0) is 0 Å². The topological polar surface area (TPSA) is 32.3 Å². The molecule has 3 heteroatoms. The highest BCUT2D eigenvalue weighted by Gasteiger charge is 2.17. The molecule has 0 spiro atoms. The zero-order valence-electron chi connectivity index (χ0n) is 14.9. The van der Waals surface area contributed by atoms with E-state index in [1.165, 1.54) is 5.56 Å². The fourth-order valence-corrected chi connectivity index (χ4v) is 3.57. The first-order valence-electron chi connectivity index (χ1n) is 8.64. The van der Waals surface area contributed by atoms with E-state index >= 15 is 0 Å². The minimum absolute atomic E-state index is 0.0586. The van der Waals surface area contributed by atoms with E-state index in [1.807, 2.05) is 24.3 Å². The zero-order chi connectivity index (χ0) is 17.4. The Morgan fingerprint density at radius 1 is 0.875 bits per heavy atom. The molecule has 2 aromatic carbocycles. The third-order valence-corrected chi connectivity index (χ3v) is 5.21. The number of hydrogen-bond donors (Lipinski definition) is 2. The van der Waals surface area contributed by atoms with Crippen LogP contribution in [0.2, 0.25) is 19.6 Å². The molecule has 0 aliphatic carbocycles. The van der Waals surface area contributed by atoms with Crippen LogP contribution in [0.3, 0.4) is 0 Å². The summed E-state index contributed by atoms with van der Waals surface area (Å²) in [5.74, 6) is 0. The summed E-state index contributed by atoms with van der Waals surface area (Å²) < 4.78 is 0. The van der Waals surface area contributed by atoms with E-state index in [1.54, 1.807) is 0 Å². The summed E-state index contributed by atoms with van der Waals surface area (Å²) in [5.41, 5.74) is 4.77. The highest BCUT2D eigenvalue weighted by atomic mass is 28.3. The molecule has 0 amide bonds. The second kappa shape index (κ2) is 8.97. The first-order valence-corrected chi connectivity index (χ1v) is 12.2. The van der Waals surface area contributed by atoms with Crippen LogP contribution in [0.1, 0.15) is 29.6 Å². The molecule has 0 aromatic heterocycles. The lowest BCUT2D eigenvalue weighted by atomic mass is 10.0. The van der Waals surface area contributed by atoms with Gasteiger partial charge in [0.2, 0.25) is 0 Å². The Hall–Kier alpha value is -1.68. The van der Waals surface area contributed by atoms with E-state index in [0.29, 0.717) is 0 Å². The van der Waals surface area contributed by atoms with E-state index in [2.05, 4.69) is 73.1 Å². The van der Waals surface area contributed by atoms with Gasteiger partial charge < -0.3 is 10.4 Å². The van der Waals surface area contributed by atoms with Gasteiger partial charge in [-0.3, -0.25) is 0 Å². The largest absolute Gasteiger partial charge is 0.394 e. The molecule has 128 valence electrons. The van der Waals surface area contributed by atoms with Crippen LogP contribution in [0, 0.1) is 0 Å². The van der Waals surface area contributed by atoms with Gasteiger partial charge in [0.15, 0.2) is 0 Å². The van der Waals surface area contributed by atoms with Crippen molar-refractivity contribution in [2.75, 3.05) is 6.61 Å².